The van der Waals surface area contributed by atoms with Gasteiger partial charge in [-0.15, -0.1) is 0 Å². The van der Waals surface area contributed by atoms with Crippen molar-refractivity contribution in [1.82, 2.24) is 35.1 Å². The largest absolute Gasteiger partial charge is 0.347 e. The lowest BCUT2D eigenvalue weighted by Gasteiger charge is -2.39. The molecule has 1 aliphatic carbocycles. The zero-order valence-electron chi connectivity index (χ0n) is 20.5. The fraction of sp³-hybridized carbons (Fsp3) is 0.519. The first-order valence-corrected chi connectivity index (χ1v) is 13.1. The Kier molecular flexibility index (Phi) is 7.90. The molecule has 1 saturated carbocycles. The Morgan fingerprint density at radius 1 is 0.914 bits per heavy atom. The van der Waals surface area contributed by atoms with Gasteiger partial charge in [-0.3, -0.25) is 4.79 Å². The van der Waals surface area contributed by atoms with Crippen LogP contribution in [0.4, 0.5) is 0 Å². The second kappa shape index (κ2) is 11.6. The predicted molar refractivity (Wildman–Crippen MR) is 136 cm³/mol. The van der Waals surface area contributed by atoms with Crippen molar-refractivity contribution in [2.45, 2.75) is 76.7 Å². The summed E-state index contributed by atoms with van der Waals surface area (Å²) in [6, 6.07) is 10.0. The number of imidazole rings is 2. The highest BCUT2D eigenvalue weighted by molar-refractivity contribution is 5.90. The van der Waals surface area contributed by atoms with Crippen molar-refractivity contribution in [2.24, 2.45) is 0 Å². The van der Waals surface area contributed by atoms with E-state index in [9.17, 15) is 4.79 Å². The molecular formula is C27H37N7O. The van der Waals surface area contributed by atoms with Gasteiger partial charge in [0.25, 0.3) is 5.91 Å². The number of nitrogens with zero attached hydrogens (tertiary/aromatic N) is 4. The molecule has 2 aliphatic rings. The number of aromatic nitrogens is 4. The molecule has 3 heterocycles. The summed E-state index contributed by atoms with van der Waals surface area (Å²) in [5.74, 6) is 0.949. The van der Waals surface area contributed by atoms with Crippen LogP contribution in [-0.4, -0.2) is 60.8 Å². The quantitative estimate of drug-likeness (QED) is 0.437. The van der Waals surface area contributed by atoms with E-state index in [4.69, 9.17) is 0 Å². The van der Waals surface area contributed by atoms with Crippen LogP contribution in [0.25, 0.3) is 0 Å². The normalized spacial score (nSPS) is 21.1. The molecule has 8 heteroatoms. The molecule has 2 fully saturated rings. The van der Waals surface area contributed by atoms with E-state index in [1.165, 1.54) is 63.6 Å². The van der Waals surface area contributed by atoms with Gasteiger partial charge in [-0.05, 0) is 62.7 Å². The number of piperidine rings is 1. The van der Waals surface area contributed by atoms with Gasteiger partial charge in [-0.2, -0.15) is 0 Å². The van der Waals surface area contributed by atoms with Crippen molar-refractivity contribution in [3.05, 3.63) is 71.8 Å². The number of amides is 1. The standard InChI is InChI=1S/C27H37N7O/c35-27(26-30-14-15-31-26)34(20-25-28-12-13-29-25)19-22-6-4-21(5-7-22)18-32-23-8-10-24(11-9-23)33-16-2-1-3-17-33/h4-7,12-15,23-24,32H,1-3,8-11,16-20H2,(H,28,29)(H,30,31)/t23-,24-. The monoisotopic (exact) mass is 475 g/mol. The first-order chi connectivity index (χ1) is 17.2. The van der Waals surface area contributed by atoms with Crippen molar-refractivity contribution in [1.29, 1.82) is 0 Å². The minimum absolute atomic E-state index is 0.141. The van der Waals surface area contributed by atoms with E-state index >= 15 is 0 Å². The SMILES string of the molecule is O=C(c1ncc[nH]1)N(Cc1ccc(CN[C@H]2CC[C@H](N3CCCCC3)CC2)cc1)Cc1ncc[nH]1. The number of carbonyl (C=O) groups excluding carboxylic acids is 1. The number of rotatable bonds is 9. The molecule has 0 unspecified atom stereocenters. The third-order valence-corrected chi connectivity index (χ3v) is 7.48. The Morgan fingerprint density at radius 2 is 1.63 bits per heavy atom. The van der Waals surface area contributed by atoms with Crippen molar-refractivity contribution in [2.75, 3.05) is 13.1 Å². The van der Waals surface area contributed by atoms with Crippen LogP contribution in [0.15, 0.2) is 49.1 Å². The summed E-state index contributed by atoms with van der Waals surface area (Å²) in [4.78, 5) is 31.9. The van der Waals surface area contributed by atoms with Gasteiger partial charge in [0.1, 0.15) is 5.82 Å². The number of hydrogen-bond acceptors (Lipinski definition) is 5. The zero-order valence-corrected chi connectivity index (χ0v) is 20.5. The van der Waals surface area contributed by atoms with Gasteiger partial charge in [0.2, 0.25) is 0 Å². The highest BCUT2D eigenvalue weighted by atomic mass is 16.2. The lowest BCUT2D eigenvalue weighted by Crippen LogP contribution is -2.44. The lowest BCUT2D eigenvalue weighted by atomic mass is 9.89. The van der Waals surface area contributed by atoms with E-state index in [0.717, 1.165) is 24.0 Å². The molecule has 1 amide bonds. The van der Waals surface area contributed by atoms with Gasteiger partial charge in [0, 0.05) is 50.0 Å². The summed E-state index contributed by atoms with van der Waals surface area (Å²) in [7, 11) is 0. The fourth-order valence-electron chi connectivity index (χ4n) is 5.47. The van der Waals surface area contributed by atoms with Gasteiger partial charge in [-0.1, -0.05) is 30.7 Å². The Hall–Kier alpha value is -2.97. The van der Waals surface area contributed by atoms with Crippen molar-refractivity contribution in [3.63, 3.8) is 0 Å². The van der Waals surface area contributed by atoms with E-state index in [-0.39, 0.29) is 5.91 Å². The van der Waals surface area contributed by atoms with Crippen LogP contribution in [0, 0.1) is 0 Å². The molecule has 0 radical (unpaired) electrons. The van der Waals surface area contributed by atoms with E-state index in [0.29, 0.717) is 25.0 Å². The molecule has 1 aliphatic heterocycles. The van der Waals surface area contributed by atoms with Crippen LogP contribution in [-0.2, 0) is 19.6 Å². The molecule has 35 heavy (non-hydrogen) atoms. The second-order valence-corrected chi connectivity index (χ2v) is 9.93. The Balaban J connectivity index is 1.12. The van der Waals surface area contributed by atoms with Crippen LogP contribution >= 0.6 is 0 Å². The van der Waals surface area contributed by atoms with Crippen LogP contribution in [0.5, 0.6) is 0 Å². The van der Waals surface area contributed by atoms with Crippen molar-refractivity contribution in [3.8, 4) is 0 Å². The van der Waals surface area contributed by atoms with Crippen molar-refractivity contribution >= 4 is 5.91 Å². The second-order valence-electron chi connectivity index (χ2n) is 9.93. The molecule has 186 valence electrons. The molecule has 1 aromatic carbocycles. The van der Waals surface area contributed by atoms with Crippen LogP contribution in [0.2, 0.25) is 0 Å². The van der Waals surface area contributed by atoms with Crippen molar-refractivity contribution < 1.29 is 4.79 Å². The number of benzene rings is 1. The van der Waals surface area contributed by atoms with E-state index < -0.39 is 0 Å². The smallest absolute Gasteiger partial charge is 0.290 e. The van der Waals surface area contributed by atoms with E-state index in [1.54, 1.807) is 29.7 Å². The summed E-state index contributed by atoms with van der Waals surface area (Å²) in [6.07, 6.45) is 16.1. The highest BCUT2D eigenvalue weighted by Crippen LogP contribution is 2.26. The number of aromatic amines is 2. The molecular weight excluding hydrogens is 438 g/mol. The molecule has 2 aromatic heterocycles. The van der Waals surface area contributed by atoms with Crippen LogP contribution in [0.3, 0.4) is 0 Å². The van der Waals surface area contributed by atoms with Gasteiger partial charge < -0.3 is 25.1 Å². The Morgan fingerprint density at radius 3 is 2.31 bits per heavy atom. The summed E-state index contributed by atoms with van der Waals surface area (Å²) in [5.41, 5.74) is 2.36. The number of H-pyrrole nitrogens is 2. The average Bonchev–Trinajstić information content (AvgIpc) is 3.63. The minimum atomic E-state index is -0.141. The molecule has 8 nitrogen and oxygen atoms in total. The number of likely N-dealkylation sites (tertiary alicyclic amines) is 1. The van der Waals surface area contributed by atoms with Crippen LogP contribution in [0.1, 0.15) is 72.5 Å². The maximum absolute atomic E-state index is 13.0. The molecule has 0 bridgehead atoms. The molecule has 3 N–H and O–H groups in total. The topological polar surface area (TPSA) is 92.9 Å². The molecule has 0 spiro atoms. The molecule has 3 aromatic rings. The van der Waals surface area contributed by atoms with E-state index in [1.807, 2.05) is 0 Å². The Labute approximate surface area is 207 Å². The summed E-state index contributed by atoms with van der Waals surface area (Å²) in [6.45, 7) is 4.40. The number of carbonyl (C=O) groups is 1. The average molecular weight is 476 g/mol. The number of hydrogen-bond donors (Lipinski definition) is 3. The van der Waals surface area contributed by atoms with Gasteiger partial charge in [0.15, 0.2) is 5.82 Å². The lowest BCUT2D eigenvalue weighted by molar-refractivity contribution is 0.0714. The molecule has 0 atom stereocenters. The number of nitrogens with one attached hydrogen (secondary N) is 3. The fourth-order valence-corrected chi connectivity index (χ4v) is 5.47. The Bertz CT molecular complexity index is 1020. The van der Waals surface area contributed by atoms with Gasteiger partial charge >= 0.3 is 0 Å². The summed E-state index contributed by atoms with van der Waals surface area (Å²) in [5, 5.41) is 3.78. The maximum Gasteiger partial charge on any atom is 0.290 e. The summed E-state index contributed by atoms with van der Waals surface area (Å²) < 4.78 is 0. The maximum atomic E-state index is 13.0. The first kappa shape index (κ1) is 23.8. The molecule has 5 rings (SSSR count). The zero-order chi connectivity index (χ0) is 23.9. The third kappa shape index (κ3) is 6.38. The van der Waals surface area contributed by atoms with Gasteiger partial charge in [-0.25, -0.2) is 9.97 Å². The molecule has 1 saturated heterocycles. The summed E-state index contributed by atoms with van der Waals surface area (Å²) >= 11 is 0. The third-order valence-electron chi connectivity index (χ3n) is 7.48. The van der Waals surface area contributed by atoms with Crippen LogP contribution < -0.4 is 5.32 Å². The van der Waals surface area contributed by atoms with Gasteiger partial charge in [0.05, 0.1) is 6.54 Å². The minimum Gasteiger partial charge on any atom is -0.347 e. The predicted octanol–water partition coefficient (Wildman–Crippen LogP) is 3.86. The highest BCUT2D eigenvalue weighted by Gasteiger charge is 2.26. The van der Waals surface area contributed by atoms with E-state index in [2.05, 4.69) is 54.4 Å². The first-order valence-electron chi connectivity index (χ1n) is 13.1.